The lowest BCUT2D eigenvalue weighted by molar-refractivity contribution is 0.0663. The molecule has 0 radical (unpaired) electrons. The zero-order valence-electron chi connectivity index (χ0n) is 7.83. The normalized spacial score (nSPS) is 8.93. The summed E-state index contributed by atoms with van der Waals surface area (Å²) in [4.78, 5) is 10.4. The van der Waals surface area contributed by atoms with Gasteiger partial charge >= 0.3 is 5.97 Å². The van der Waals surface area contributed by atoms with Crippen LogP contribution in [0.1, 0.15) is 23.9 Å². The van der Waals surface area contributed by atoms with Crippen molar-refractivity contribution < 1.29 is 14.3 Å². The molecular weight excluding hydrogens is 182 g/mol. The second-order valence-corrected chi connectivity index (χ2v) is 2.57. The number of anilines is 1. The van der Waals surface area contributed by atoms with Gasteiger partial charge in [-0.05, 0) is 13.0 Å². The van der Waals surface area contributed by atoms with Gasteiger partial charge in [-0.25, -0.2) is 4.79 Å². The average molecular weight is 193 g/mol. The van der Waals surface area contributed by atoms with Crippen molar-refractivity contribution in [1.29, 1.82) is 0 Å². The van der Waals surface area contributed by atoms with Gasteiger partial charge < -0.3 is 14.8 Å². The molecule has 2 N–H and O–H groups in total. The summed E-state index contributed by atoms with van der Waals surface area (Å²) in [6.07, 6.45) is 0.708. The topological polar surface area (TPSA) is 62.5 Å². The van der Waals surface area contributed by atoms with Crippen LogP contribution in [0.15, 0.2) is 16.5 Å². The minimum atomic E-state index is -1.06. The van der Waals surface area contributed by atoms with Crippen LogP contribution >= 0.6 is 0 Å². The highest BCUT2D eigenvalue weighted by Gasteiger charge is 2.07. The van der Waals surface area contributed by atoms with Crippen molar-refractivity contribution in [1.82, 2.24) is 0 Å². The molecule has 0 aromatic carbocycles. The summed E-state index contributed by atoms with van der Waals surface area (Å²) in [6, 6.07) is 3.00. The smallest absolute Gasteiger partial charge is 0.371 e. The third-order valence-corrected chi connectivity index (χ3v) is 1.54. The van der Waals surface area contributed by atoms with Crippen LogP contribution in [0.25, 0.3) is 0 Å². The number of hydrogen-bond acceptors (Lipinski definition) is 3. The summed E-state index contributed by atoms with van der Waals surface area (Å²) in [7, 11) is 0. The molecule has 0 unspecified atom stereocenters. The fraction of sp³-hybridized carbons (Fsp3) is 0.300. The highest BCUT2D eigenvalue weighted by atomic mass is 16.4. The first kappa shape index (κ1) is 10.2. The lowest BCUT2D eigenvalue weighted by atomic mass is 10.4. The van der Waals surface area contributed by atoms with E-state index >= 15 is 0 Å². The van der Waals surface area contributed by atoms with Gasteiger partial charge in [0.1, 0.15) is 0 Å². The molecular formula is C10H11NO3. The molecule has 4 heteroatoms. The second kappa shape index (κ2) is 4.97. The third kappa shape index (κ3) is 2.87. The van der Waals surface area contributed by atoms with E-state index in [0.717, 1.165) is 0 Å². The Hall–Kier alpha value is -1.89. The Kier molecular flexibility index (Phi) is 3.62. The zero-order chi connectivity index (χ0) is 10.4. The number of nitrogens with one attached hydrogen (secondary N) is 1. The number of carbonyl (C=O) groups is 1. The SMILES string of the molecule is CC#CCCNc1ccc(C(=O)O)o1. The molecule has 0 aliphatic heterocycles. The number of rotatable bonds is 4. The molecule has 0 saturated carbocycles. The van der Waals surface area contributed by atoms with Crippen molar-refractivity contribution in [3.63, 3.8) is 0 Å². The first-order valence-corrected chi connectivity index (χ1v) is 4.20. The summed E-state index contributed by atoms with van der Waals surface area (Å²) in [5, 5.41) is 11.5. The number of carboxylic acid groups (broad SMARTS) is 1. The number of aromatic carboxylic acids is 1. The number of hydrogen-bond donors (Lipinski definition) is 2. The van der Waals surface area contributed by atoms with Crippen LogP contribution in [0.4, 0.5) is 5.88 Å². The van der Waals surface area contributed by atoms with E-state index in [1.807, 2.05) is 0 Å². The van der Waals surface area contributed by atoms with Gasteiger partial charge in [-0.2, -0.15) is 0 Å². The van der Waals surface area contributed by atoms with Crippen molar-refractivity contribution in [3.8, 4) is 11.8 Å². The molecule has 0 fully saturated rings. The van der Waals surface area contributed by atoms with Crippen LogP contribution in [-0.4, -0.2) is 17.6 Å². The Balaban J connectivity index is 2.42. The molecule has 1 rings (SSSR count). The predicted octanol–water partition coefficient (Wildman–Crippen LogP) is 1.80. The van der Waals surface area contributed by atoms with Gasteiger partial charge in [0.2, 0.25) is 5.76 Å². The van der Waals surface area contributed by atoms with Crippen molar-refractivity contribution >= 4 is 11.9 Å². The monoisotopic (exact) mass is 193 g/mol. The Bertz CT molecular complexity index is 370. The van der Waals surface area contributed by atoms with Crippen LogP contribution < -0.4 is 5.32 Å². The minimum Gasteiger partial charge on any atom is -0.475 e. The molecule has 0 amide bonds. The molecule has 14 heavy (non-hydrogen) atoms. The Labute approximate surface area is 81.9 Å². The molecule has 1 aromatic rings. The van der Waals surface area contributed by atoms with Crippen LogP contribution in [0.5, 0.6) is 0 Å². The quantitative estimate of drug-likeness (QED) is 0.565. The summed E-state index contributed by atoms with van der Waals surface area (Å²) in [6.45, 7) is 2.42. The predicted molar refractivity (Wildman–Crippen MR) is 52.2 cm³/mol. The van der Waals surface area contributed by atoms with E-state index in [9.17, 15) is 4.79 Å². The lowest BCUT2D eigenvalue weighted by Crippen LogP contribution is -1.99. The van der Waals surface area contributed by atoms with Crippen molar-refractivity contribution in [3.05, 3.63) is 17.9 Å². The van der Waals surface area contributed by atoms with Crippen LogP contribution in [0, 0.1) is 11.8 Å². The van der Waals surface area contributed by atoms with E-state index in [1.165, 1.54) is 6.07 Å². The highest BCUT2D eigenvalue weighted by molar-refractivity contribution is 5.84. The Morgan fingerprint density at radius 2 is 2.43 bits per heavy atom. The van der Waals surface area contributed by atoms with Crippen LogP contribution in [0.3, 0.4) is 0 Å². The first-order chi connectivity index (χ1) is 6.74. The largest absolute Gasteiger partial charge is 0.475 e. The third-order valence-electron chi connectivity index (χ3n) is 1.54. The molecule has 0 aliphatic rings. The van der Waals surface area contributed by atoms with Crippen molar-refractivity contribution in [2.75, 3.05) is 11.9 Å². The van der Waals surface area contributed by atoms with Gasteiger partial charge in [-0.3, -0.25) is 0 Å². The summed E-state index contributed by atoms with van der Waals surface area (Å²) < 4.78 is 4.97. The maximum absolute atomic E-state index is 10.4. The van der Waals surface area contributed by atoms with Gasteiger partial charge in [0.25, 0.3) is 0 Å². The molecule has 1 heterocycles. The highest BCUT2D eigenvalue weighted by Crippen LogP contribution is 2.12. The van der Waals surface area contributed by atoms with E-state index in [1.54, 1.807) is 13.0 Å². The lowest BCUT2D eigenvalue weighted by Gasteiger charge is -1.97. The molecule has 0 bridgehead atoms. The van der Waals surface area contributed by atoms with E-state index in [4.69, 9.17) is 9.52 Å². The standard InChI is InChI=1S/C10H11NO3/c1-2-3-4-7-11-9-6-5-8(14-9)10(12)13/h5-6,11H,4,7H2,1H3,(H,12,13). The molecule has 0 saturated heterocycles. The zero-order valence-corrected chi connectivity index (χ0v) is 7.83. The molecule has 0 aliphatic carbocycles. The maximum Gasteiger partial charge on any atom is 0.371 e. The Morgan fingerprint density at radius 1 is 1.64 bits per heavy atom. The molecule has 1 aromatic heterocycles. The van der Waals surface area contributed by atoms with Gasteiger partial charge in [-0.1, -0.05) is 0 Å². The van der Waals surface area contributed by atoms with Crippen molar-refractivity contribution in [2.24, 2.45) is 0 Å². The Morgan fingerprint density at radius 3 is 3.00 bits per heavy atom. The minimum absolute atomic E-state index is 0.0610. The first-order valence-electron chi connectivity index (χ1n) is 4.20. The number of furan rings is 1. The van der Waals surface area contributed by atoms with Gasteiger partial charge in [0.15, 0.2) is 5.88 Å². The maximum atomic E-state index is 10.4. The molecule has 74 valence electrons. The summed E-state index contributed by atoms with van der Waals surface area (Å²) in [5.74, 6) is 4.97. The van der Waals surface area contributed by atoms with Crippen molar-refractivity contribution in [2.45, 2.75) is 13.3 Å². The molecule has 0 spiro atoms. The fourth-order valence-corrected chi connectivity index (χ4v) is 0.921. The fourth-order valence-electron chi connectivity index (χ4n) is 0.921. The summed E-state index contributed by atoms with van der Waals surface area (Å²) >= 11 is 0. The van der Waals surface area contributed by atoms with E-state index in [0.29, 0.717) is 18.8 Å². The van der Waals surface area contributed by atoms with E-state index < -0.39 is 5.97 Å². The molecule has 0 atom stereocenters. The second-order valence-electron chi connectivity index (χ2n) is 2.57. The van der Waals surface area contributed by atoms with Gasteiger partial charge in [0, 0.05) is 19.0 Å². The van der Waals surface area contributed by atoms with Crippen LogP contribution in [-0.2, 0) is 0 Å². The van der Waals surface area contributed by atoms with Gasteiger partial charge in [0.05, 0.1) is 0 Å². The average Bonchev–Trinajstić information content (AvgIpc) is 2.61. The molecule has 4 nitrogen and oxygen atoms in total. The van der Waals surface area contributed by atoms with E-state index in [-0.39, 0.29) is 5.76 Å². The van der Waals surface area contributed by atoms with Gasteiger partial charge in [-0.15, -0.1) is 11.8 Å². The number of carboxylic acids is 1. The summed E-state index contributed by atoms with van der Waals surface area (Å²) in [5.41, 5.74) is 0. The van der Waals surface area contributed by atoms with E-state index in [2.05, 4.69) is 17.2 Å². The van der Waals surface area contributed by atoms with Crippen LogP contribution in [0.2, 0.25) is 0 Å².